The average Bonchev–Trinajstić information content (AvgIpc) is 3.08. The molecule has 1 aromatic heterocycles. The zero-order valence-corrected chi connectivity index (χ0v) is 11.6. The number of hydrogen-bond donors (Lipinski definition) is 0. The van der Waals surface area contributed by atoms with Crippen LogP contribution in [0.1, 0.15) is 54.4 Å². The summed E-state index contributed by atoms with van der Waals surface area (Å²) in [5.41, 5.74) is 1.04. The summed E-state index contributed by atoms with van der Waals surface area (Å²) in [6.07, 6.45) is 4.52. The van der Waals surface area contributed by atoms with Gasteiger partial charge in [-0.2, -0.15) is 0 Å². The number of nitrogens with zero attached hydrogens (tertiary/aromatic N) is 2. The van der Waals surface area contributed by atoms with E-state index in [0.717, 1.165) is 28.5 Å². The molecule has 1 saturated carbocycles. The van der Waals surface area contributed by atoms with Crippen LogP contribution >= 0.6 is 11.3 Å². The summed E-state index contributed by atoms with van der Waals surface area (Å²) in [4.78, 5) is 18.7. The van der Waals surface area contributed by atoms with Crippen LogP contribution in [0.4, 0.5) is 5.13 Å². The van der Waals surface area contributed by atoms with Gasteiger partial charge in [0.05, 0.1) is 10.6 Å². The summed E-state index contributed by atoms with van der Waals surface area (Å²) >= 11 is 1.54. The van der Waals surface area contributed by atoms with Crippen molar-refractivity contribution in [2.45, 2.75) is 39.0 Å². The first kappa shape index (κ1) is 12.6. The Hall–Kier alpha value is -0.900. The lowest BCUT2D eigenvalue weighted by atomic mass is 10.1. The first-order valence-electron chi connectivity index (χ1n) is 6.32. The molecule has 1 fully saturated rings. The molecule has 4 heteroatoms. The molecule has 1 aliphatic rings. The highest BCUT2D eigenvalue weighted by molar-refractivity contribution is 7.17. The zero-order chi connectivity index (χ0) is 12.4. The molecule has 0 spiro atoms. The van der Waals surface area contributed by atoms with Gasteiger partial charge in [-0.3, -0.25) is 4.79 Å². The Kier molecular flexibility index (Phi) is 3.82. The number of anilines is 1. The second-order valence-electron chi connectivity index (χ2n) is 5.03. The maximum atomic E-state index is 11.0. The number of hydrogen-bond acceptors (Lipinski definition) is 4. The lowest BCUT2D eigenvalue weighted by Crippen LogP contribution is -2.23. The number of thiazole rings is 1. The van der Waals surface area contributed by atoms with Crippen molar-refractivity contribution in [3.8, 4) is 0 Å². The van der Waals surface area contributed by atoms with Crippen molar-refractivity contribution < 1.29 is 4.79 Å². The van der Waals surface area contributed by atoms with E-state index in [4.69, 9.17) is 0 Å². The molecule has 0 aliphatic heterocycles. The molecule has 1 aromatic rings. The van der Waals surface area contributed by atoms with Crippen LogP contribution in [0, 0.1) is 5.92 Å². The van der Waals surface area contributed by atoms with Gasteiger partial charge in [0.15, 0.2) is 11.4 Å². The molecule has 0 saturated heterocycles. The molecule has 1 atom stereocenters. The van der Waals surface area contributed by atoms with E-state index in [9.17, 15) is 4.79 Å². The Balaban J connectivity index is 2.12. The average molecular weight is 252 g/mol. The minimum absolute atomic E-state index is 0.553. The summed E-state index contributed by atoms with van der Waals surface area (Å²) in [6, 6.07) is 0. The summed E-state index contributed by atoms with van der Waals surface area (Å²) in [7, 11) is 2.07. The number of carbonyl (C=O) groups is 1. The molecule has 1 unspecified atom stereocenters. The minimum atomic E-state index is 0.553. The summed E-state index contributed by atoms with van der Waals surface area (Å²) < 4.78 is 0. The monoisotopic (exact) mass is 252 g/mol. The topological polar surface area (TPSA) is 33.2 Å². The van der Waals surface area contributed by atoms with E-state index in [1.54, 1.807) is 0 Å². The van der Waals surface area contributed by atoms with Crippen molar-refractivity contribution in [2.75, 3.05) is 18.5 Å². The SMILES string of the molecule is CCC(C)CN(C)c1nc(C2CC2)c(C=O)s1. The van der Waals surface area contributed by atoms with Crippen molar-refractivity contribution in [3.63, 3.8) is 0 Å². The molecule has 0 amide bonds. The van der Waals surface area contributed by atoms with Gasteiger partial charge in [0, 0.05) is 19.5 Å². The van der Waals surface area contributed by atoms with E-state index in [1.165, 1.54) is 30.6 Å². The fourth-order valence-corrected chi connectivity index (χ4v) is 2.84. The smallest absolute Gasteiger partial charge is 0.185 e. The van der Waals surface area contributed by atoms with E-state index in [2.05, 4.69) is 30.8 Å². The molecular formula is C13H20N2OS. The second-order valence-corrected chi connectivity index (χ2v) is 6.04. The number of carbonyl (C=O) groups excluding carboxylic acids is 1. The van der Waals surface area contributed by atoms with Gasteiger partial charge >= 0.3 is 0 Å². The molecule has 17 heavy (non-hydrogen) atoms. The Bertz CT molecular complexity index is 398. The quantitative estimate of drug-likeness (QED) is 0.728. The first-order chi connectivity index (χ1) is 8.15. The molecule has 1 aliphatic carbocycles. The Morgan fingerprint density at radius 3 is 2.82 bits per heavy atom. The fourth-order valence-electron chi connectivity index (χ4n) is 1.90. The van der Waals surface area contributed by atoms with Crippen LogP contribution in [-0.2, 0) is 0 Å². The highest BCUT2D eigenvalue weighted by atomic mass is 32.1. The van der Waals surface area contributed by atoms with E-state index in [0.29, 0.717) is 11.8 Å². The van der Waals surface area contributed by atoms with Gasteiger partial charge in [-0.05, 0) is 18.8 Å². The molecule has 0 N–H and O–H groups in total. The van der Waals surface area contributed by atoms with Crippen LogP contribution in [0.25, 0.3) is 0 Å². The largest absolute Gasteiger partial charge is 0.351 e. The number of aromatic nitrogens is 1. The molecular weight excluding hydrogens is 232 g/mol. The van der Waals surface area contributed by atoms with Gasteiger partial charge in [0.1, 0.15) is 0 Å². The molecule has 0 aromatic carbocycles. The minimum Gasteiger partial charge on any atom is -0.351 e. The van der Waals surface area contributed by atoms with E-state index in [1.807, 2.05) is 0 Å². The molecule has 0 bridgehead atoms. The molecule has 2 rings (SSSR count). The number of aldehydes is 1. The van der Waals surface area contributed by atoms with Crippen LogP contribution in [0.3, 0.4) is 0 Å². The predicted octanol–water partition coefficient (Wildman–Crippen LogP) is 3.32. The predicted molar refractivity (Wildman–Crippen MR) is 72.2 cm³/mol. The first-order valence-corrected chi connectivity index (χ1v) is 7.14. The van der Waals surface area contributed by atoms with Crippen molar-refractivity contribution in [3.05, 3.63) is 10.6 Å². The van der Waals surface area contributed by atoms with Crippen LogP contribution in [0.5, 0.6) is 0 Å². The van der Waals surface area contributed by atoms with Gasteiger partial charge in [-0.15, -0.1) is 0 Å². The van der Waals surface area contributed by atoms with Crippen molar-refractivity contribution in [1.29, 1.82) is 0 Å². The summed E-state index contributed by atoms with van der Waals surface area (Å²) in [5.74, 6) is 1.21. The van der Waals surface area contributed by atoms with E-state index in [-0.39, 0.29) is 0 Å². The van der Waals surface area contributed by atoms with Crippen LogP contribution in [-0.4, -0.2) is 24.9 Å². The lowest BCUT2D eigenvalue weighted by molar-refractivity contribution is 0.112. The molecule has 3 nitrogen and oxygen atoms in total. The van der Waals surface area contributed by atoms with Gasteiger partial charge in [0.2, 0.25) is 0 Å². The number of rotatable bonds is 6. The summed E-state index contributed by atoms with van der Waals surface area (Å²) in [6.45, 7) is 5.45. The standard InChI is InChI=1S/C13H20N2OS/c1-4-9(2)7-15(3)13-14-12(10-5-6-10)11(8-16)17-13/h8-10H,4-7H2,1-3H3. The van der Waals surface area contributed by atoms with Crippen molar-refractivity contribution in [1.82, 2.24) is 4.98 Å². The van der Waals surface area contributed by atoms with Crippen LogP contribution < -0.4 is 4.90 Å². The molecule has 94 valence electrons. The van der Waals surface area contributed by atoms with E-state index >= 15 is 0 Å². The zero-order valence-electron chi connectivity index (χ0n) is 10.8. The summed E-state index contributed by atoms with van der Waals surface area (Å²) in [5, 5.41) is 0.995. The normalized spacial score (nSPS) is 16.9. The van der Waals surface area contributed by atoms with Crippen molar-refractivity contribution >= 4 is 22.8 Å². The van der Waals surface area contributed by atoms with Crippen LogP contribution in [0.15, 0.2) is 0 Å². The highest BCUT2D eigenvalue weighted by Gasteiger charge is 2.30. The fraction of sp³-hybridized carbons (Fsp3) is 0.692. The Labute approximate surface area is 107 Å². The highest BCUT2D eigenvalue weighted by Crippen LogP contribution is 2.43. The molecule has 1 heterocycles. The third-order valence-corrected chi connectivity index (χ3v) is 4.46. The third-order valence-electron chi connectivity index (χ3n) is 3.35. The van der Waals surface area contributed by atoms with Gasteiger partial charge in [-0.1, -0.05) is 31.6 Å². The Morgan fingerprint density at radius 2 is 2.29 bits per heavy atom. The van der Waals surface area contributed by atoms with Gasteiger partial charge in [0.25, 0.3) is 0 Å². The van der Waals surface area contributed by atoms with Crippen LogP contribution in [0.2, 0.25) is 0 Å². The maximum absolute atomic E-state index is 11.0. The third kappa shape index (κ3) is 2.86. The van der Waals surface area contributed by atoms with Gasteiger partial charge in [-0.25, -0.2) is 4.98 Å². The van der Waals surface area contributed by atoms with Gasteiger partial charge < -0.3 is 4.90 Å². The molecule has 0 radical (unpaired) electrons. The van der Waals surface area contributed by atoms with Crippen molar-refractivity contribution in [2.24, 2.45) is 5.92 Å². The second kappa shape index (κ2) is 5.17. The maximum Gasteiger partial charge on any atom is 0.185 e. The Morgan fingerprint density at radius 1 is 1.59 bits per heavy atom. The lowest BCUT2D eigenvalue weighted by Gasteiger charge is -2.19. The van der Waals surface area contributed by atoms with E-state index < -0.39 is 0 Å².